The van der Waals surface area contributed by atoms with E-state index in [2.05, 4.69) is 0 Å². The van der Waals surface area contributed by atoms with E-state index >= 15 is 0 Å². The second-order valence-corrected chi connectivity index (χ2v) is 4.67. The molecular weight excluding hydrogens is 204 g/mol. The van der Waals surface area contributed by atoms with Gasteiger partial charge in [-0.1, -0.05) is 24.3 Å². The van der Waals surface area contributed by atoms with Crippen molar-refractivity contribution in [3.8, 4) is 0 Å². The van der Waals surface area contributed by atoms with Crippen molar-refractivity contribution in [3.63, 3.8) is 0 Å². The molecule has 1 aromatic rings. The van der Waals surface area contributed by atoms with E-state index in [-0.39, 0.29) is 12.7 Å². The summed E-state index contributed by atoms with van der Waals surface area (Å²) in [7, 11) is 0. The number of aliphatic hydroxyl groups excluding tert-OH is 1. The van der Waals surface area contributed by atoms with E-state index < -0.39 is 5.60 Å². The highest BCUT2D eigenvalue weighted by Gasteiger charge is 2.32. The van der Waals surface area contributed by atoms with E-state index in [0.717, 1.165) is 11.1 Å². The lowest BCUT2D eigenvalue weighted by Crippen LogP contribution is -2.34. The maximum absolute atomic E-state index is 10.0. The van der Waals surface area contributed by atoms with Crippen LogP contribution in [0.1, 0.15) is 37.0 Å². The third kappa shape index (κ3) is 2.43. The first-order chi connectivity index (χ1) is 7.62. The Morgan fingerprint density at radius 2 is 2.19 bits per heavy atom. The quantitative estimate of drug-likeness (QED) is 0.802. The summed E-state index contributed by atoms with van der Waals surface area (Å²) in [5.74, 6) is 0. The zero-order valence-corrected chi connectivity index (χ0v) is 9.52. The molecular formula is C13H18O3. The van der Waals surface area contributed by atoms with Crippen LogP contribution in [0.2, 0.25) is 0 Å². The predicted octanol–water partition coefficient (Wildman–Crippen LogP) is 1.78. The average molecular weight is 222 g/mol. The molecule has 88 valence electrons. The summed E-state index contributed by atoms with van der Waals surface area (Å²) >= 11 is 0. The highest BCUT2D eigenvalue weighted by Crippen LogP contribution is 2.35. The fourth-order valence-corrected chi connectivity index (χ4v) is 2.17. The fourth-order valence-electron chi connectivity index (χ4n) is 2.17. The monoisotopic (exact) mass is 222 g/mol. The molecule has 2 rings (SSSR count). The van der Waals surface area contributed by atoms with Gasteiger partial charge >= 0.3 is 0 Å². The highest BCUT2D eigenvalue weighted by atomic mass is 16.5. The van der Waals surface area contributed by atoms with Gasteiger partial charge in [0.1, 0.15) is 0 Å². The molecule has 0 saturated carbocycles. The van der Waals surface area contributed by atoms with Gasteiger partial charge < -0.3 is 14.9 Å². The molecule has 0 aromatic heterocycles. The second kappa shape index (κ2) is 4.53. The molecule has 16 heavy (non-hydrogen) atoms. The Bertz CT molecular complexity index is 360. The number of hydrogen-bond donors (Lipinski definition) is 2. The lowest BCUT2D eigenvalue weighted by Gasteiger charge is -2.35. The van der Waals surface area contributed by atoms with Gasteiger partial charge in [-0.05, 0) is 24.5 Å². The van der Waals surface area contributed by atoms with Crippen LogP contribution in [0.25, 0.3) is 0 Å². The van der Waals surface area contributed by atoms with Gasteiger partial charge in [0.05, 0.1) is 24.9 Å². The van der Waals surface area contributed by atoms with Gasteiger partial charge in [-0.2, -0.15) is 0 Å². The molecule has 0 spiro atoms. The summed E-state index contributed by atoms with van der Waals surface area (Å²) in [4.78, 5) is 0. The first-order valence-corrected chi connectivity index (χ1v) is 5.65. The van der Waals surface area contributed by atoms with Crippen molar-refractivity contribution in [2.24, 2.45) is 0 Å². The zero-order chi connectivity index (χ0) is 11.6. The Labute approximate surface area is 95.7 Å². The smallest absolute Gasteiger partial charge is 0.0855 e. The van der Waals surface area contributed by atoms with E-state index in [9.17, 15) is 10.2 Å². The van der Waals surface area contributed by atoms with E-state index in [1.165, 1.54) is 0 Å². The first-order valence-electron chi connectivity index (χ1n) is 5.65. The van der Waals surface area contributed by atoms with Gasteiger partial charge in [0, 0.05) is 6.42 Å². The van der Waals surface area contributed by atoms with Gasteiger partial charge in [-0.25, -0.2) is 0 Å². The van der Waals surface area contributed by atoms with Crippen LogP contribution >= 0.6 is 0 Å². The SMILES string of the molecule is CC1(O)CCOC(c2ccccc2CO)C1. The van der Waals surface area contributed by atoms with Gasteiger partial charge in [0.25, 0.3) is 0 Å². The summed E-state index contributed by atoms with van der Waals surface area (Å²) in [6.45, 7) is 2.42. The average Bonchev–Trinajstić information content (AvgIpc) is 2.27. The van der Waals surface area contributed by atoms with Crippen molar-refractivity contribution in [2.45, 2.75) is 38.1 Å². The van der Waals surface area contributed by atoms with Crippen molar-refractivity contribution in [3.05, 3.63) is 35.4 Å². The molecule has 1 aromatic carbocycles. The molecule has 1 aliphatic rings. The Kier molecular flexibility index (Phi) is 3.28. The number of benzene rings is 1. The van der Waals surface area contributed by atoms with Gasteiger partial charge in [-0.3, -0.25) is 0 Å². The summed E-state index contributed by atoms with van der Waals surface area (Å²) in [6.07, 6.45) is 1.15. The van der Waals surface area contributed by atoms with Crippen LogP contribution in [-0.4, -0.2) is 22.4 Å². The lowest BCUT2D eigenvalue weighted by atomic mass is 9.88. The van der Waals surface area contributed by atoms with Crippen LogP contribution in [0.4, 0.5) is 0 Å². The largest absolute Gasteiger partial charge is 0.392 e. The Balaban J connectivity index is 2.23. The van der Waals surface area contributed by atoms with Gasteiger partial charge in [-0.15, -0.1) is 0 Å². The van der Waals surface area contributed by atoms with Crippen molar-refractivity contribution in [1.29, 1.82) is 0 Å². The Hall–Kier alpha value is -0.900. The van der Waals surface area contributed by atoms with Crippen LogP contribution in [0.15, 0.2) is 24.3 Å². The molecule has 1 fully saturated rings. The Morgan fingerprint density at radius 1 is 1.44 bits per heavy atom. The third-order valence-corrected chi connectivity index (χ3v) is 3.16. The molecule has 3 heteroatoms. The molecule has 1 aliphatic heterocycles. The minimum Gasteiger partial charge on any atom is -0.392 e. The van der Waals surface area contributed by atoms with Crippen LogP contribution in [0.3, 0.4) is 0 Å². The molecule has 2 atom stereocenters. The van der Waals surface area contributed by atoms with Crippen LogP contribution in [-0.2, 0) is 11.3 Å². The normalized spacial score (nSPS) is 30.3. The highest BCUT2D eigenvalue weighted by molar-refractivity contribution is 5.29. The van der Waals surface area contributed by atoms with Crippen molar-refractivity contribution >= 4 is 0 Å². The van der Waals surface area contributed by atoms with Gasteiger partial charge in [0.15, 0.2) is 0 Å². The minimum absolute atomic E-state index is 0.0121. The molecule has 0 radical (unpaired) electrons. The number of ether oxygens (including phenoxy) is 1. The molecule has 2 N–H and O–H groups in total. The third-order valence-electron chi connectivity index (χ3n) is 3.16. The maximum Gasteiger partial charge on any atom is 0.0855 e. The molecule has 3 nitrogen and oxygen atoms in total. The lowest BCUT2D eigenvalue weighted by molar-refractivity contribution is -0.0956. The van der Waals surface area contributed by atoms with Crippen molar-refractivity contribution in [2.75, 3.05) is 6.61 Å². The van der Waals surface area contributed by atoms with E-state index in [1.807, 2.05) is 31.2 Å². The summed E-state index contributed by atoms with van der Waals surface area (Å²) in [5.41, 5.74) is 1.21. The Morgan fingerprint density at radius 3 is 2.88 bits per heavy atom. The predicted molar refractivity (Wildman–Crippen MR) is 60.9 cm³/mol. The molecule has 1 saturated heterocycles. The summed E-state index contributed by atoms with van der Waals surface area (Å²) in [6, 6.07) is 7.68. The number of rotatable bonds is 2. The molecule has 2 unspecified atom stereocenters. The topological polar surface area (TPSA) is 49.7 Å². The summed E-state index contributed by atoms with van der Waals surface area (Å²) < 4.78 is 5.67. The van der Waals surface area contributed by atoms with E-state index in [4.69, 9.17) is 4.74 Å². The fraction of sp³-hybridized carbons (Fsp3) is 0.538. The van der Waals surface area contributed by atoms with Crippen LogP contribution in [0, 0.1) is 0 Å². The van der Waals surface area contributed by atoms with Crippen LogP contribution in [0.5, 0.6) is 0 Å². The second-order valence-electron chi connectivity index (χ2n) is 4.67. The molecule has 1 heterocycles. The zero-order valence-electron chi connectivity index (χ0n) is 9.52. The van der Waals surface area contributed by atoms with Crippen molar-refractivity contribution < 1.29 is 14.9 Å². The minimum atomic E-state index is -0.661. The van der Waals surface area contributed by atoms with E-state index in [1.54, 1.807) is 0 Å². The summed E-state index contributed by atoms with van der Waals surface area (Å²) in [5, 5.41) is 19.3. The van der Waals surface area contributed by atoms with Crippen molar-refractivity contribution in [1.82, 2.24) is 0 Å². The van der Waals surface area contributed by atoms with E-state index in [0.29, 0.717) is 19.4 Å². The molecule has 0 aliphatic carbocycles. The van der Waals surface area contributed by atoms with Crippen LogP contribution < -0.4 is 0 Å². The van der Waals surface area contributed by atoms with Gasteiger partial charge in [0.2, 0.25) is 0 Å². The molecule has 0 bridgehead atoms. The standard InChI is InChI=1S/C13H18O3/c1-13(15)6-7-16-12(8-13)11-5-3-2-4-10(11)9-14/h2-5,12,14-15H,6-9H2,1H3. The number of aliphatic hydroxyl groups is 2. The molecule has 0 amide bonds. The number of hydrogen-bond acceptors (Lipinski definition) is 3. The first kappa shape index (κ1) is 11.6. The maximum atomic E-state index is 10.0.